The van der Waals surface area contributed by atoms with Gasteiger partial charge in [-0.1, -0.05) is 38.1 Å². The topological polar surface area (TPSA) is 85.3 Å². The van der Waals surface area contributed by atoms with Crippen LogP contribution in [0.5, 0.6) is 0 Å². The molecule has 5 nitrogen and oxygen atoms in total. The first-order valence-corrected chi connectivity index (χ1v) is 16.6. The largest absolute Gasteiger partial charge is 0.298 e. The number of thiophene rings is 2. The van der Waals surface area contributed by atoms with Crippen molar-refractivity contribution < 1.29 is 21.6 Å². The zero-order chi connectivity index (χ0) is 26.3. The van der Waals surface area contributed by atoms with Crippen LogP contribution in [0.15, 0.2) is 82.6 Å². The van der Waals surface area contributed by atoms with E-state index in [1.54, 1.807) is 36.4 Å². The van der Waals surface area contributed by atoms with Crippen LogP contribution in [0.3, 0.4) is 0 Å². The Hall–Kier alpha value is -2.59. The van der Waals surface area contributed by atoms with Crippen molar-refractivity contribution in [1.29, 1.82) is 0 Å². The van der Waals surface area contributed by atoms with Gasteiger partial charge in [0.15, 0.2) is 19.7 Å². The molecule has 2 heterocycles. The quantitative estimate of drug-likeness (QED) is 0.249. The van der Waals surface area contributed by atoms with Gasteiger partial charge < -0.3 is 0 Å². The Morgan fingerprint density at radius 3 is 1.39 bits per heavy atom. The molecular weight excluding hydrogens is 533 g/mol. The molecule has 2 atom stereocenters. The Labute approximate surface area is 220 Å². The van der Waals surface area contributed by atoms with E-state index in [1.807, 2.05) is 50.2 Å². The predicted molar refractivity (Wildman–Crippen MR) is 148 cm³/mol. The normalized spacial score (nSPS) is 13.9. The summed E-state index contributed by atoms with van der Waals surface area (Å²) in [5.74, 6) is -0.557. The molecule has 2 unspecified atom stereocenters. The van der Waals surface area contributed by atoms with E-state index in [9.17, 15) is 21.6 Å². The zero-order valence-electron chi connectivity index (χ0n) is 20.3. The number of carbonyl (C=O) groups excluding carboxylic acids is 1. The Bertz CT molecular complexity index is 1520. The van der Waals surface area contributed by atoms with Crippen LogP contribution in [-0.2, 0) is 24.5 Å². The van der Waals surface area contributed by atoms with Crippen LogP contribution in [0.1, 0.15) is 35.4 Å². The molecule has 0 aliphatic rings. The Morgan fingerprint density at radius 1 is 0.639 bits per heavy atom. The zero-order valence-corrected chi connectivity index (χ0v) is 23.5. The third-order valence-corrected chi connectivity index (χ3v) is 10.9. The van der Waals surface area contributed by atoms with E-state index in [2.05, 4.69) is 0 Å². The molecule has 0 aliphatic heterocycles. The monoisotopic (exact) mass is 558 g/mol. The summed E-state index contributed by atoms with van der Waals surface area (Å²) in [6, 6.07) is 21.4. The number of sulfone groups is 2. The lowest BCUT2D eigenvalue weighted by Gasteiger charge is -2.14. The molecule has 0 aliphatic carbocycles. The van der Waals surface area contributed by atoms with Crippen molar-refractivity contribution in [3.8, 4) is 20.9 Å². The van der Waals surface area contributed by atoms with Crippen molar-refractivity contribution in [2.75, 3.05) is 12.5 Å². The van der Waals surface area contributed by atoms with Gasteiger partial charge in [-0.05, 0) is 59.7 Å². The minimum atomic E-state index is -3.30. The smallest absolute Gasteiger partial charge is 0.175 e. The van der Waals surface area contributed by atoms with E-state index in [-0.39, 0.29) is 27.4 Å². The van der Waals surface area contributed by atoms with Crippen LogP contribution in [0, 0.1) is 0 Å². The molecule has 0 bridgehead atoms. The van der Waals surface area contributed by atoms with Crippen molar-refractivity contribution in [3.05, 3.63) is 82.6 Å². The highest BCUT2D eigenvalue weighted by Crippen LogP contribution is 2.38. The number of ketones is 1. The van der Waals surface area contributed by atoms with Crippen molar-refractivity contribution in [2.24, 2.45) is 0 Å². The average Bonchev–Trinajstić information content (AvgIpc) is 3.52. The van der Waals surface area contributed by atoms with Gasteiger partial charge in [0.1, 0.15) is 5.78 Å². The first-order valence-electron chi connectivity index (χ1n) is 11.2. The fraction of sp³-hybridized carbons (Fsp3) is 0.222. The van der Waals surface area contributed by atoms with Crippen LogP contribution in [0.2, 0.25) is 0 Å². The summed E-state index contributed by atoms with van der Waals surface area (Å²) < 4.78 is 47.7. The van der Waals surface area contributed by atoms with Gasteiger partial charge in [0.2, 0.25) is 0 Å². The van der Waals surface area contributed by atoms with Gasteiger partial charge in [-0.3, -0.25) is 4.79 Å². The SMILES string of the molecule is CC(C(=O)C(C)c1ccc(-c2cccc(S(C)(=O)=O)c2)s1)c1ccc(-c2cccc(S(C)(=O)=O)c2)s1. The van der Waals surface area contributed by atoms with E-state index in [0.717, 1.165) is 30.6 Å². The predicted octanol–water partition coefficient (Wildman–Crippen LogP) is 6.43. The highest BCUT2D eigenvalue weighted by Gasteiger charge is 2.25. The standard InChI is InChI=1S/C27H26O5S4/c1-17(23-11-13-25(33-23)19-7-5-9-21(15-19)35(3,29)30)27(28)18(2)24-12-14-26(34-24)20-8-6-10-22(16-20)36(4,31)32/h5-18H,1-4H3. The Balaban J connectivity index is 1.54. The lowest BCUT2D eigenvalue weighted by molar-refractivity contribution is -0.121. The average molecular weight is 559 g/mol. The summed E-state index contributed by atoms with van der Waals surface area (Å²) in [5.41, 5.74) is 1.61. The first kappa shape index (κ1) is 26.5. The highest BCUT2D eigenvalue weighted by atomic mass is 32.2. The second-order valence-corrected chi connectivity index (χ2v) is 15.1. The molecule has 4 aromatic rings. The van der Waals surface area contributed by atoms with Crippen LogP contribution in [-0.4, -0.2) is 35.1 Å². The third-order valence-electron chi connectivity index (χ3n) is 6.05. The van der Waals surface area contributed by atoms with E-state index in [1.165, 1.54) is 35.2 Å². The molecule has 2 aromatic heterocycles. The summed E-state index contributed by atoms with van der Waals surface area (Å²) in [7, 11) is -6.61. The molecule has 36 heavy (non-hydrogen) atoms. The summed E-state index contributed by atoms with van der Waals surface area (Å²) in [6.07, 6.45) is 2.37. The molecule has 0 saturated heterocycles. The van der Waals surface area contributed by atoms with E-state index in [0.29, 0.717) is 0 Å². The molecule has 9 heteroatoms. The summed E-state index contributed by atoms with van der Waals surface area (Å²) in [5, 5.41) is 0. The van der Waals surface area contributed by atoms with Gasteiger partial charge in [0.25, 0.3) is 0 Å². The fourth-order valence-corrected chi connectivity index (χ4v) is 7.36. The van der Waals surface area contributed by atoms with Crippen molar-refractivity contribution in [2.45, 2.75) is 35.5 Å². The van der Waals surface area contributed by atoms with Gasteiger partial charge in [0.05, 0.1) is 9.79 Å². The first-order chi connectivity index (χ1) is 16.8. The molecule has 0 N–H and O–H groups in total. The minimum Gasteiger partial charge on any atom is -0.298 e. The molecule has 2 aromatic carbocycles. The van der Waals surface area contributed by atoms with Crippen molar-refractivity contribution in [3.63, 3.8) is 0 Å². The molecule has 0 amide bonds. The van der Waals surface area contributed by atoms with Crippen molar-refractivity contribution in [1.82, 2.24) is 0 Å². The van der Waals surface area contributed by atoms with Crippen LogP contribution < -0.4 is 0 Å². The van der Waals surface area contributed by atoms with Gasteiger partial charge in [0, 0.05) is 43.9 Å². The summed E-state index contributed by atoms with van der Waals surface area (Å²) in [6.45, 7) is 3.79. The maximum Gasteiger partial charge on any atom is 0.175 e. The fourth-order valence-electron chi connectivity index (χ4n) is 3.90. The molecule has 188 valence electrons. The summed E-state index contributed by atoms with van der Waals surface area (Å²) >= 11 is 2.98. The number of hydrogen-bond acceptors (Lipinski definition) is 7. The lowest BCUT2D eigenvalue weighted by Crippen LogP contribution is -2.14. The Morgan fingerprint density at radius 2 is 1.03 bits per heavy atom. The van der Waals surface area contributed by atoms with E-state index < -0.39 is 19.7 Å². The van der Waals surface area contributed by atoms with Gasteiger partial charge in [-0.2, -0.15) is 0 Å². The molecule has 4 rings (SSSR count). The maximum atomic E-state index is 13.4. The third kappa shape index (κ3) is 5.70. The van der Waals surface area contributed by atoms with Gasteiger partial charge in [-0.25, -0.2) is 16.8 Å². The molecular formula is C27H26O5S4. The number of rotatable bonds is 8. The van der Waals surface area contributed by atoms with E-state index >= 15 is 0 Å². The van der Waals surface area contributed by atoms with Crippen molar-refractivity contribution >= 4 is 48.1 Å². The summed E-state index contributed by atoms with van der Waals surface area (Å²) in [4.78, 5) is 17.6. The van der Waals surface area contributed by atoms with Crippen LogP contribution >= 0.6 is 22.7 Å². The molecule has 0 radical (unpaired) electrons. The van der Waals surface area contributed by atoms with Crippen LogP contribution in [0.25, 0.3) is 20.9 Å². The highest BCUT2D eigenvalue weighted by molar-refractivity contribution is 7.91. The van der Waals surface area contributed by atoms with E-state index in [4.69, 9.17) is 0 Å². The Kier molecular flexibility index (Phi) is 7.39. The molecule has 0 saturated carbocycles. The molecule has 0 spiro atoms. The van der Waals surface area contributed by atoms with Gasteiger partial charge >= 0.3 is 0 Å². The molecule has 0 fully saturated rings. The number of hydrogen-bond donors (Lipinski definition) is 0. The number of Topliss-reactive ketones (excluding diaryl/α,β-unsaturated/α-hetero) is 1. The lowest BCUT2D eigenvalue weighted by atomic mass is 9.93. The number of carbonyl (C=O) groups is 1. The maximum absolute atomic E-state index is 13.4. The van der Waals surface area contributed by atoms with Gasteiger partial charge in [-0.15, -0.1) is 22.7 Å². The number of benzene rings is 2. The second-order valence-electron chi connectivity index (χ2n) is 8.85. The minimum absolute atomic E-state index is 0.0894. The van der Waals surface area contributed by atoms with Crippen LogP contribution in [0.4, 0.5) is 0 Å². The second kappa shape index (κ2) is 10.0.